The predicted octanol–water partition coefficient (Wildman–Crippen LogP) is 1.43. The van der Waals surface area contributed by atoms with Crippen molar-refractivity contribution in [3.63, 3.8) is 0 Å². The fourth-order valence-electron chi connectivity index (χ4n) is 1.40. The van der Waals surface area contributed by atoms with E-state index in [-0.39, 0.29) is 17.6 Å². The average molecular weight is 198 g/mol. The molecule has 0 amide bonds. The van der Waals surface area contributed by atoms with E-state index in [4.69, 9.17) is 5.11 Å². The van der Waals surface area contributed by atoms with Crippen molar-refractivity contribution in [3.05, 3.63) is 11.5 Å². The van der Waals surface area contributed by atoms with Crippen LogP contribution < -0.4 is 0 Å². The largest absolute Gasteiger partial charge is 0.493 e. The number of rotatable bonds is 3. The Balaban J connectivity index is 3.33. The van der Waals surface area contributed by atoms with E-state index in [0.717, 1.165) is 0 Å². The van der Waals surface area contributed by atoms with Crippen LogP contribution in [0.5, 0.6) is 5.88 Å². The van der Waals surface area contributed by atoms with Crippen molar-refractivity contribution in [2.75, 3.05) is 0 Å². The third kappa shape index (κ3) is 1.57. The zero-order valence-electron chi connectivity index (χ0n) is 8.48. The van der Waals surface area contributed by atoms with Gasteiger partial charge in [-0.15, -0.1) is 0 Å². The first kappa shape index (κ1) is 10.6. The number of aromatic hydroxyl groups is 1. The van der Waals surface area contributed by atoms with Gasteiger partial charge in [0.1, 0.15) is 5.82 Å². The maximum Gasteiger partial charge on any atom is 0.360 e. The van der Waals surface area contributed by atoms with Gasteiger partial charge in [0.15, 0.2) is 0 Å². The lowest BCUT2D eigenvalue weighted by molar-refractivity contribution is 0.0687. The molecule has 0 saturated carbocycles. The van der Waals surface area contributed by atoms with Crippen molar-refractivity contribution in [2.24, 2.45) is 0 Å². The van der Waals surface area contributed by atoms with Crippen molar-refractivity contribution in [1.29, 1.82) is 0 Å². The molecular formula is C9H14N2O3. The van der Waals surface area contributed by atoms with Gasteiger partial charge in [-0.3, -0.25) is 4.57 Å². The molecule has 0 spiro atoms. The number of carboxylic acids is 1. The highest BCUT2D eigenvalue weighted by molar-refractivity contribution is 5.88. The Morgan fingerprint density at radius 2 is 2.14 bits per heavy atom. The molecule has 5 heteroatoms. The summed E-state index contributed by atoms with van der Waals surface area (Å²) in [4.78, 5) is 14.6. The van der Waals surface area contributed by atoms with Crippen LogP contribution in [0.3, 0.4) is 0 Å². The minimum absolute atomic E-state index is 0.00514. The molecule has 78 valence electrons. The van der Waals surface area contributed by atoms with Crippen LogP contribution in [0.25, 0.3) is 0 Å². The molecule has 5 nitrogen and oxygen atoms in total. The lowest BCUT2D eigenvalue weighted by Gasteiger charge is -2.10. The zero-order chi connectivity index (χ0) is 10.9. The Morgan fingerprint density at radius 1 is 1.57 bits per heavy atom. The van der Waals surface area contributed by atoms with Gasteiger partial charge < -0.3 is 10.2 Å². The molecule has 0 bridgehead atoms. The first-order valence-corrected chi connectivity index (χ1v) is 4.52. The summed E-state index contributed by atoms with van der Waals surface area (Å²) in [6.07, 6.45) is 0.596. The van der Waals surface area contributed by atoms with Crippen LogP contribution in [-0.2, 0) is 6.42 Å². The third-order valence-electron chi connectivity index (χ3n) is 1.99. The second kappa shape index (κ2) is 3.69. The van der Waals surface area contributed by atoms with Gasteiger partial charge in [0.2, 0.25) is 11.6 Å². The maximum atomic E-state index is 10.7. The molecule has 1 heterocycles. The topological polar surface area (TPSA) is 75.3 Å². The van der Waals surface area contributed by atoms with Gasteiger partial charge in [-0.05, 0) is 13.8 Å². The van der Waals surface area contributed by atoms with E-state index < -0.39 is 5.97 Å². The van der Waals surface area contributed by atoms with Crippen LogP contribution in [0, 0.1) is 0 Å². The molecule has 0 saturated heterocycles. The first-order valence-electron chi connectivity index (χ1n) is 4.52. The molecule has 0 aliphatic rings. The smallest absolute Gasteiger partial charge is 0.360 e. The predicted molar refractivity (Wildman–Crippen MR) is 50.6 cm³/mol. The van der Waals surface area contributed by atoms with Crippen LogP contribution in [-0.4, -0.2) is 25.7 Å². The average Bonchev–Trinajstić information content (AvgIpc) is 2.42. The van der Waals surface area contributed by atoms with Crippen molar-refractivity contribution in [3.8, 4) is 5.88 Å². The SMILES string of the molecule is CCc1nc(C(=O)O)c(O)n1C(C)C. The summed E-state index contributed by atoms with van der Waals surface area (Å²) >= 11 is 0. The van der Waals surface area contributed by atoms with Crippen LogP contribution in [0.2, 0.25) is 0 Å². The third-order valence-corrected chi connectivity index (χ3v) is 1.99. The van der Waals surface area contributed by atoms with Gasteiger partial charge in [0.05, 0.1) is 0 Å². The Kier molecular flexibility index (Phi) is 2.78. The molecule has 0 radical (unpaired) electrons. The molecule has 1 rings (SSSR count). The number of hydrogen-bond acceptors (Lipinski definition) is 3. The Bertz CT molecular complexity index is 355. The molecule has 0 atom stereocenters. The second-order valence-electron chi connectivity index (χ2n) is 3.32. The number of carboxylic acid groups (broad SMARTS) is 1. The number of aromatic nitrogens is 2. The first-order chi connectivity index (χ1) is 6.49. The highest BCUT2D eigenvalue weighted by Gasteiger charge is 2.21. The quantitative estimate of drug-likeness (QED) is 0.770. The second-order valence-corrected chi connectivity index (χ2v) is 3.32. The van der Waals surface area contributed by atoms with Gasteiger partial charge in [-0.25, -0.2) is 9.78 Å². The number of aromatic carboxylic acids is 1. The standard InChI is InChI=1S/C9H14N2O3/c1-4-6-10-7(9(13)14)8(12)11(6)5(2)3/h5,12H,4H2,1-3H3,(H,13,14). The van der Waals surface area contributed by atoms with Crippen molar-refractivity contribution in [1.82, 2.24) is 9.55 Å². The van der Waals surface area contributed by atoms with Gasteiger partial charge in [0, 0.05) is 12.5 Å². The summed E-state index contributed by atoms with van der Waals surface area (Å²) < 4.78 is 1.53. The van der Waals surface area contributed by atoms with E-state index in [9.17, 15) is 9.90 Å². The molecule has 1 aromatic heterocycles. The molecule has 0 aliphatic heterocycles. The Labute approximate surface area is 82.0 Å². The summed E-state index contributed by atoms with van der Waals surface area (Å²) in [6.45, 7) is 5.60. The molecule has 1 aromatic rings. The lowest BCUT2D eigenvalue weighted by Crippen LogP contribution is -2.04. The summed E-state index contributed by atoms with van der Waals surface area (Å²) in [5.74, 6) is -0.865. The van der Waals surface area contributed by atoms with E-state index in [1.54, 1.807) is 0 Å². The minimum Gasteiger partial charge on any atom is -0.493 e. The number of aryl methyl sites for hydroxylation is 1. The van der Waals surface area contributed by atoms with E-state index in [2.05, 4.69) is 4.98 Å². The molecule has 0 unspecified atom stereocenters. The molecular weight excluding hydrogens is 184 g/mol. The van der Waals surface area contributed by atoms with E-state index >= 15 is 0 Å². The van der Waals surface area contributed by atoms with E-state index in [0.29, 0.717) is 12.2 Å². The van der Waals surface area contributed by atoms with Gasteiger partial charge in [0.25, 0.3) is 0 Å². The fraction of sp³-hybridized carbons (Fsp3) is 0.556. The zero-order valence-corrected chi connectivity index (χ0v) is 8.48. The summed E-state index contributed by atoms with van der Waals surface area (Å²) in [6, 6.07) is 0.00514. The van der Waals surface area contributed by atoms with Gasteiger partial charge in [-0.1, -0.05) is 6.92 Å². The van der Waals surface area contributed by atoms with Gasteiger partial charge >= 0.3 is 5.97 Å². The van der Waals surface area contributed by atoms with E-state index in [1.807, 2.05) is 20.8 Å². The highest BCUT2D eigenvalue weighted by atomic mass is 16.4. The maximum absolute atomic E-state index is 10.7. The van der Waals surface area contributed by atoms with Crippen molar-refractivity contribution < 1.29 is 15.0 Å². The highest BCUT2D eigenvalue weighted by Crippen LogP contribution is 2.24. The fourth-order valence-corrected chi connectivity index (χ4v) is 1.40. The lowest BCUT2D eigenvalue weighted by atomic mass is 10.3. The Hall–Kier alpha value is -1.52. The van der Waals surface area contributed by atoms with Crippen LogP contribution >= 0.6 is 0 Å². The van der Waals surface area contributed by atoms with Crippen molar-refractivity contribution >= 4 is 5.97 Å². The summed E-state index contributed by atoms with van der Waals surface area (Å²) in [7, 11) is 0. The van der Waals surface area contributed by atoms with Crippen LogP contribution in [0.15, 0.2) is 0 Å². The van der Waals surface area contributed by atoms with E-state index in [1.165, 1.54) is 4.57 Å². The van der Waals surface area contributed by atoms with Gasteiger partial charge in [-0.2, -0.15) is 0 Å². The molecule has 14 heavy (non-hydrogen) atoms. The minimum atomic E-state index is -1.20. The molecule has 0 aliphatic carbocycles. The monoisotopic (exact) mass is 198 g/mol. The Morgan fingerprint density at radius 3 is 2.43 bits per heavy atom. The normalized spacial score (nSPS) is 10.9. The summed E-state index contributed by atoms with van der Waals surface area (Å²) in [5.41, 5.74) is -0.268. The number of carbonyl (C=O) groups is 1. The molecule has 0 aromatic carbocycles. The van der Waals surface area contributed by atoms with Crippen LogP contribution in [0.1, 0.15) is 43.1 Å². The number of nitrogens with zero attached hydrogens (tertiary/aromatic N) is 2. The summed E-state index contributed by atoms with van der Waals surface area (Å²) in [5, 5.41) is 18.3. The van der Waals surface area contributed by atoms with Crippen molar-refractivity contribution in [2.45, 2.75) is 33.2 Å². The van der Waals surface area contributed by atoms with Crippen LogP contribution in [0.4, 0.5) is 0 Å². The molecule has 2 N–H and O–H groups in total. The molecule has 0 fully saturated rings. The number of hydrogen-bond donors (Lipinski definition) is 2. The number of imidazole rings is 1.